The molecular formula is C17H21NO. The molecular weight excluding hydrogens is 234 g/mol. The summed E-state index contributed by atoms with van der Waals surface area (Å²) < 4.78 is 5.85. The fraction of sp³-hybridized carbons (Fsp3) is 0.412. The second kappa shape index (κ2) is 5.72. The standard InChI is InChI=1S/C17H21NO/c1-18-17(12-19-11-13-9-10-13)16-8-4-6-14-5-2-3-7-15(14)16/h2-8,13,17-18H,9-12H2,1H3. The SMILES string of the molecule is CNC(COCC1CC1)c1cccc2ccccc12. The Hall–Kier alpha value is -1.38. The van der Waals surface area contributed by atoms with Gasteiger partial charge in [-0.05, 0) is 42.1 Å². The van der Waals surface area contributed by atoms with E-state index >= 15 is 0 Å². The van der Waals surface area contributed by atoms with Gasteiger partial charge in [0.15, 0.2) is 0 Å². The maximum atomic E-state index is 5.85. The van der Waals surface area contributed by atoms with Gasteiger partial charge in [0.05, 0.1) is 12.6 Å². The molecule has 100 valence electrons. The molecule has 0 heterocycles. The van der Waals surface area contributed by atoms with Crippen LogP contribution in [-0.2, 0) is 4.74 Å². The van der Waals surface area contributed by atoms with Crippen molar-refractivity contribution in [2.45, 2.75) is 18.9 Å². The van der Waals surface area contributed by atoms with Crippen molar-refractivity contribution < 1.29 is 4.74 Å². The third-order valence-electron chi connectivity index (χ3n) is 3.88. The number of rotatable bonds is 6. The molecule has 0 radical (unpaired) electrons. The first-order valence-corrected chi connectivity index (χ1v) is 7.11. The number of hydrogen-bond acceptors (Lipinski definition) is 2. The molecule has 0 aromatic heterocycles. The van der Waals surface area contributed by atoms with E-state index in [9.17, 15) is 0 Å². The fourth-order valence-electron chi connectivity index (χ4n) is 2.52. The summed E-state index contributed by atoms with van der Waals surface area (Å²) in [6.45, 7) is 1.67. The molecule has 1 unspecified atom stereocenters. The van der Waals surface area contributed by atoms with E-state index in [-0.39, 0.29) is 6.04 Å². The Morgan fingerprint density at radius 1 is 1.16 bits per heavy atom. The average molecular weight is 255 g/mol. The molecule has 1 fully saturated rings. The first kappa shape index (κ1) is 12.6. The number of likely N-dealkylation sites (N-methyl/N-ethyl adjacent to an activating group) is 1. The summed E-state index contributed by atoms with van der Waals surface area (Å²) >= 11 is 0. The molecule has 19 heavy (non-hydrogen) atoms. The lowest BCUT2D eigenvalue weighted by atomic mass is 9.99. The zero-order valence-electron chi connectivity index (χ0n) is 11.4. The van der Waals surface area contributed by atoms with E-state index in [1.54, 1.807) is 0 Å². The van der Waals surface area contributed by atoms with Crippen LogP contribution in [0.3, 0.4) is 0 Å². The van der Waals surface area contributed by atoms with Crippen molar-refractivity contribution in [2.75, 3.05) is 20.3 Å². The Balaban J connectivity index is 1.79. The van der Waals surface area contributed by atoms with Crippen molar-refractivity contribution in [3.8, 4) is 0 Å². The first-order valence-electron chi connectivity index (χ1n) is 7.11. The van der Waals surface area contributed by atoms with Gasteiger partial charge in [-0.1, -0.05) is 42.5 Å². The highest BCUT2D eigenvalue weighted by molar-refractivity contribution is 5.86. The van der Waals surface area contributed by atoms with E-state index in [2.05, 4.69) is 47.8 Å². The molecule has 1 N–H and O–H groups in total. The summed E-state index contributed by atoms with van der Waals surface area (Å²) in [6, 6.07) is 15.3. The molecule has 0 amide bonds. The van der Waals surface area contributed by atoms with Gasteiger partial charge in [-0.3, -0.25) is 0 Å². The van der Waals surface area contributed by atoms with Crippen molar-refractivity contribution in [3.63, 3.8) is 0 Å². The van der Waals surface area contributed by atoms with Crippen molar-refractivity contribution in [3.05, 3.63) is 48.0 Å². The highest BCUT2D eigenvalue weighted by Gasteiger charge is 2.22. The van der Waals surface area contributed by atoms with Crippen LogP contribution in [0.15, 0.2) is 42.5 Å². The lowest BCUT2D eigenvalue weighted by Gasteiger charge is -2.19. The molecule has 1 aliphatic carbocycles. The monoisotopic (exact) mass is 255 g/mol. The van der Waals surface area contributed by atoms with Gasteiger partial charge in [0.1, 0.15) is 0 Å². The van der Waals surface area contributed by atoms with Crippen LogP contribution in [0.5, 0.6) is 0 Å². The van der Waals surface area contributed by atoms with Crippen LogP contribution in [0.2, 0.25) is 0 Å². The Labute approximate surface area is 114 Å². The summed E-state index contributed by atoms with van der Waals surface area (Å²) in [6.07, 6.45) is 2.69. The molecule has 2 nitrogen and oxygen atoms in total. The topological polar surface area (TPSA) is 21.3 Å². The first-order chi connectivity index (χ1) is 9.38. The van der Waals surface area contributed by atoms with E-state index < -0.39 is 0 Å². The predicted octanol–water partition coefficient (Wildman–Crippen LogP) is 3.53. The molecule has 1 saturated carbocycles. The summed E-state index contributed by atoms with van der Waals surface area (Å²) in [4.78, 5) is 0. The van der Waals surface area contributed by atoms with Gasteiger partial charge in [-0.15, -0.1) is 0 Å². The molecule has 2 aromatic carbocycles. The Morgan fingerprint density at radius 2 is 1.95 bits per heavy atom. The third kappa shape index (κ3) is 2.96. The van der Waals surface area contributed by atoms with Crippen LogP contribution < -0.4 is 5.32 Å². The van der Waals surface area contributed by atoms with E-state index in [1.807, 2.05) is 7.05 Å². The van der Waals surface area contributed by atoms with Crippen LogP contribution in [0, 0.1) is 5.92 Å². The van der Waals surface area contributed by atoms with Gasteiger partial charge in [0.2, 0.25) is 0 Å². The molecule has 3 rings (SSSR count). The average Bonchev–Trinajstić information content (AvgIpc) is 3.27. The minimum atomic E-state index is 0.268. The number of fused-ring (bicyclic) bond motifs is 1. The second-order valence-corrected chi connectivity index (χ2v) is 5.39. The number of benzene rings is 2. The van der Waals surface area contributed by atoms with Crippen LogP contribution in [0.25, 0.3) is 10.8 Å². The van der Waals surface area contributed by atoms with Crippen LogP contribution >= 0.6 is 0 Å². The molecule has 0 bridgehead atoms. The van der Waals surface area contributed by atoms with Gasteiger partial charge >= 0.3 is 0 Å². The highest BCUT2D eigenvalue weighted by atomic mass is 16.5. The maximum Gasteiger partial charge on any atom is 0.0661 e. The summed E-state index contributed by atoms with van der Waals surface area (Å²) in [5.74, 6) is 0.824. The van der Waals surface area contributed by atoms with E-state index in [0.29, 0.717) is 0 Å². The molecule has 2 aromatic rings. The summed E-state index contributed by atoms with van der Waals surface area (Å²) in [7, 11) is 2.01. The van der Waals surface area contributed by atoms with Gasteiger partial charge in [0.25, 0.3) is 0 Å². The highest BCUT2D eigenvalue weighted by Crippen LogP contribution is 2.30. The zero-order valence-corrected chi connectivity index (χ0v) is 11.4. The van der Waals surface area contributed by atoms with Crippen LogP contribution in [0.4, 0.5) is 0 Å². The lowest BCUT2D eigenvalue weighted by molar-refractivity contribution is 0.105. The Bertz CT molecular complexity index is 542. The smallest absolute Gasteiger partial charge is 0.0661 e. The van der Waals surface area contributed by atoms with Gasteiger partial charge < -0.3 is 10.1 Å². The molecule has 2 heteroatoms. The lowest BCUT2D eigenvalue weighted by Crippen LogP contribution is -2.22. The van der Waals surface area contributed by atoms with Crippen molar-refractivity contribution >= 4 is 10.8 Å². The quantitative estimate of drug-likeness (QED) is 0.852. The van der Waals surface area contributed by atoms with E-state index in [1.165, 1.54) is 29.2 Å². The molecule has 0 saturated heterocycles. The summed E-state index contributed by atoms with van der Waals surface area (Å²) in [5.41, 5.74) is 1.33. The van der Waals surface area contributed by atoms with Crippen molar-refractivity contribution in [2.24, 2.45) is 5.92 Å². The van der Waals surface area contributed by atoms with Gasteiger partial charge in [-0.25, -0.2) is 0 Å². The molecule has 1 aliphatic rings. The fourth-order valence-corrected chi connectivity index (χ4v) is 2.52. The number of nitrogens with one attached hydrogen (secondary N) is 1. The number of hydrogen-bond donors (Lipinski definition) is 1. The summed E-state index contributed by atoms with van der Waals surface area (Å²) in [5, 5.41) is 5.99. The zero-order chi connectivity index (χ0) is 13.1. The Morgan fingerprint density at radius 3 is 2.74 bits per heavy atom. The van der Waals surface area contributed by atoms with E-state index in [4.69, 9.17) is 4.74 Å². The molecule has 0 spiro atoms. The maximum absolute atomic E-state index is 5.85. The van der Waals surface area contributed by atoms with Gasteiger partial charge in [-0.2, -0.15) is 0 Å². The largest absolute Gasteiger partial charge is 0.379 e. The van der Waals surface area contributed by atoms with Crippen molar-refractivity contribution in [1.29, 1.82) is 0 Å². The second-order valence-electron chi connectivity index (χ2n) is 5.39. The van der Waals surface area contributed by atoms with E-state index in [0.717, 1.165) is 19.1 Å². The molecule has 1 atom stereocenters. The molecule has 0 aliphatic heterocycles. The minimum Gasteiger partial charge on any atom is -0.379 e. The van der Waals surface area contributed by atoms with Crippen LogP contribution in [0.1, 0.15) is 24.4 Å². The van der Waals surface area contributed by atoms with Gasteiger partial charge in [0, 0.05) is 6.61 Å². The van der Waals surface area contributed by atoms with Crippen LogP contribution in [-0.4, -0.2) is 20.3 Å². The number of ether oxygens (including phenoxy) is 1. The predicted molar refractivity (Wildman–Crippen MR) is 79.3 cm³/mol. The normalized spacial score (nSPS) is 16.7. The van der Waals surface area contributed by atoms with Crippen molar-refractivity contribution in [1.82, 2.24) is 5.32 Å². The Kier molecular flexibility index (Phi) is 3.81. The minimum absolute atomic E-state index is 0.268. The third-order valence-corrected chi connectivity index (χ3v) is 3.88.